The maximum absolute atomic E-state index is 12.4. The molecule has 3 rings (SSSR count). The van der Waals surface area contributed by atoms with Crippen molar-refractivity contribution in [1.82, 2.24) is 15.5 Å². The molecule has 0 bridgehead atoms. The second-order valence-corrected chi connectivity index (χ2v) is 5.40. The molecule has 6 heteroatoms. The van der Waals surface area contributed by atoms with Gasteiger partial charge in [0, 0.05) is 36.4 Å². The summed E-state index contributed by atoms with van der Waals surface area (Å²) < 4.78 is 10.3. The van der Waals surface area contributed by atoms with Gasteiger partial charge in [0.15, 0.2) is 0 Å². The van der Waals surface area contributed by atoms with Crippen LogP contribution in [0.15, 0.2) is 36.4 Å². The molecule has 0 unspecified atom stereocenters. The number of carbonyl (C=O) groups excluding carboxylic acids is 1. The molecule has 23 heavy (non-hydrogen) atoms. The van der Waals surface area contributed by atoms with E-state index >= 15 is 0 Å². The van der Waals surface area contributed by atoms with Crippen LogP contribution in [-0.4, -0.2) is 42.5 Å². The van der Waals surface area contributed by atoms with E-state index in [1.165, 1.54) is 0 Å². The predicted molar refractivity (Wildman–Crippen MR) is 85.3 cm³/mol. The molecule has 1 aromatic heterocycles. The van der Waals surface area contributed by atoms with Crippen molar-refractivity contribution in [2.75, 3.05) is 20.3 Å². The zero-order valence-electron chi connectivity index (χ0n) is 13.0. The topological polar surface area (TPSA) is 73.3 Å². The van der Waals surface area contributed by atoms with Crippen molar-refractivity contribution in [3.05, 3.63) is 42.0 Å². The van der Waals surface area contributed by atoms with Gasteiger partial charge < -0.3 is 14.8 Å². The van der Waals surface area contributed by atoms with Crippen LogP contribution in [-0.2, 0) is 4.74 Å². The Hall–Kier alpha value is -2.47. The van der Waals surface area contributed by atoms with E-state index in [0.717, 1.165) is 18.4 Å². The number of benzene rings is 1. The lowest BCUT2D eigenvalue weighted by Gasteiger charge is -2.23. The second kappa shape index (κ2) is 7.19. The summed E-state index contributed by atoms with van der Waals surface area (Å²) in [5, 5.41) is 11.1. The summed E-state index contributed by atoms with van der Waals surface area (Å²) in [6.45, 7) is 1.40. The van der Waals surface area contributed by atoms with Crippen molar-refractivity contribution in [2.45, 2.75) is 18.9 Å². The first-order valence-corrected chi connectivity index (χ1v) is 7.63. The van der Waals surface area contributed by atoms with Gasteiger partial charge in [-0.25, -0.2) is 0 Å². The lowest BCUT2D eigenvalue weighted by Crippen LogP contribution is -2.38. The summed E-state index contributed by atoms with van der Waals surface area (Å²) >= 11 is 0. The highest BCUT2D eigenvalue weighted by molar-refractivity contribution is 5.95. The first-order chi connectivity index (χ1) is 11.3. The smallest absolute Gasteiger partial charge is 0.251 e. The van der Waals surface area contributed by atoms with Gasteiger partial charge in [-0.1, -0.05) is 12.1 Å². The average Bonchev–Trinajstić information content (AvgIpc) is 2.63. The van der Waals surface area contributed by atoms with Crippen LogP contribution in [0.3, 0.4) is 0 Å². The number of aromatic nitrogens is 2. The molecule has 6 nitrogen and oxygen atoms in total. The summed E-state index contributed by atoms with van der Waals surface area (Å²) in [7, 11) is 1.55. The average molecular weight is 313 g/mol. The van der Waals surface area contributed by atoms with E-state index in [2.05, 4.69) is 15.5 Å². The number of methoxy groups -OCH3 is 1. The van der Waals surface area contributed by atoms with Gasteiger partial charge in [0.05, 0.1) is 12.8 Å². The summed E-state index contributed by atoms with van der Waals surface area (Å²) in [5.41, 5.74) is 2.16. The van der Waals surface area contributed by atoms with Gasteiger partial charge in [0.1, 0.15) is 0 Å². The maximum atomic E-state index is 12.4. The largest absolute Gasteiger partial charge is 0.480 e. The zero-order chi connectivity index (χ0) is 16.1. The van der Waals surface area contributed by atoms with E-state index in [-0.39, 0.29) is 11.9 Å². The van der Waals surface area contributed by atoms with Crippen LogP contribution >= 0.6 is 0 Å². The highest BCUT2D eigenvalue weighted by Gasteiger charge is 2.17. The number of carbonyl (C=O) groups is 1. The van der Waals surface area contributed by atoms with Crippen LogP contribution in [0.4, 0.5) is 0 Å². The number of amides is 1. The van der Waals surface area contributed by atoms with Crippen molar-refractivity contribution >= 4 is 5.91 Å². The van der Waals surface area contributed by atoms with Gasteiger partial charge in [0.25, 0.3) is 5.91 Å². The third kappa shape index (κ3) is 3.84. The fourth-order valence-corrected chi connectivity index (χ4v) is 2.51. The number of nitrogens with one attached hydrogen (secondary N) is 1. The van der Waals surface area contributed by atoms with Crippen molar-refractivity contribution in [3.63, 3.8) is 0 Å². The molecule has 1 aliphatic rings. The monoisotopic (exact) mass is 313 g/mol. The van der Waals surface area contributed by atoms with Gasteiger partial charge in [0.2, 0.25) is 5.88 Å². The van der Waals surface area contributed by atoms with Crippen molar-refractivity contribution in [1.29, 1.82) is 0 Å². The normalized spacial score (nSPS) is 15.2. The number of ether oxygens (including phenoxy) is 2. The van der Waals surface area contributed by atoms with Crippen LogP contribution in [0.25, 0.3) is 11.3 Å². The number of rotatable bonds is 4. The lowest BCUT2D eigenvalue weighted by atomic mass is 10.1. The molecule has 1 saturated heterocycles. The maximum Gasteiger partial charge on any atom is 0.251 e. The highest BCUT2D eigenvalue weighted by Crippen LogP contribution is 2.19. The van der Waals surface area contributed by atoms with E-state index in [1.807, 2.05) is 24.3 Å². The molecule has 2 heterocycles. The minimum absolute atomic E-state index is 0.0692. The quantitative estimate of drug-likeness (QED) is 0.935. The minimum Gasteiger partial charge on any atom is -0.480 e. The third-order valence-corrected chi connectivity index (χ3v) is 3.83. The third-order valence-electron chi connectivity index (χ3n) is 3.83. The minimum atomic E-state index is -0.0692. The number of nitrogens with zero attached hydrogens (tertiary/aromatic N) is 2. The molecule has 0 atom stereocenters. The number of hydrogen-bond acceptors (Lipinski definition) is 5. The van der Waals surface area contributed by atoms with Crippen LogP contribution in [0, 0.1) is 0 Å². The molecule has 120 valence electrons. The fourth-order valence-electron chi connectivity index (χ4n) is 2.51. The molecular formula is C17H19N3O3. The van der Waals surface area contributed by atoms with Crippen molar-refractivity contribution in [3.8, 4) is 17.1 Å². The molecule has 0 saturated carbocycles. The second-order valence-electron chi connectivity index (χ2n) is 5.40. The van der Waals surface area contributed by atoms with E-state index in [4.69, 9.17) is 9.47 Å². The Bertz CT molecular complexity index is 667. The Kier molecular flexibility index (Phi) is 4.83. The van der Waals surface area contributed by atoms with Gasteiger partial charge in [-0.15, -0.1) is 10.2 Å². The van der Waals surface area contributed by atoms with E-state index < -0.39 is 0 Å². The van der Waals surface area contributed by atoms with E-state index in [9.17, 15) is 4.79 Å². The summed E-state index contributed by atoms with van der Waals surface area (Å²) in [4.78, 5) is 12.4. The van der Waals surface area contributed by atoms with Crippen LogP contribution in [0.5, 0.6) is 5.88 Å². The van der Waals surface area contributed by atoms with Gasteiger partial charge in [-0.05, 0) is 31.0 Å². The van der Waals surface area contributed by atoms with Crippen LogP contribution < -0.4 is 10.1 Å². The SMILES string of the molecule is COc1ccc(-c2cccc(C(=O)NC3CCOCC3)c2)nn1. The molecule has 0 spiro atoms. The molecule has 2 aromatic rings. The molecule has 1 aromatic carbocycles. The van der Waals surface area contributed by atoms with E-state index in [1.54, 1.807) is 19.2 Å². The van der Waals surface area contributed by atoms with Crippen molar-refractivity contribution < 1.29 is 14.3 Å². The Morgan fingerprint density at radius 3 is 2.74 bits per heavy atom. The van der Waals surface area contributed by atoms with Gasteiger partial charge in [-0.3, -0.25) is 4.79 Å². The molecule has 1 fully saturated rings. The fraction of sp³-hybridized carbons (Fsp3) is 0.353. The summed E-state index contributed by atoms with van der Waals surface area (Å²) in [6, 6.07) is 11.1. The number of hydrogen-bond donors (Lipinski definition) is 1. The van der Waals surface area contributed by atoms with Gasteiger partial charge in [-0.2, -0.15) is 0 Å². The molecule has 0 aliphatic carbocycles. The molecular weight excluding hydrogens is 294 g/mol. The molecule has 1 amide bonds. The lowest BCUT2D eigenvalue weighted by molar-refractivity contribution is 0.0696. The van der Waals surface area contributed by atoms with Gasteiger partial charge >= 0.3 is 0 Å². The predicted octanol–water partition coefficient (Wildman–Crippen LogP) is 2.06. The van der Waals surface area contributed by atoms with E-state index in [0.29, 0.717) is 30.4 Å². The first kappa shape index (κ1) is 15.4. The van der Waals surface area contributed by atoms with Crippen LogP contribution in [0.1, 0.15) is 23.2 Å². The standard InChI is InChI=1S/C17H19N3O3/c1-22-16-6-5-15(19-20-16)12-3-2-4-13(11-12)17(21)18-14-7-9-23-10-8-14/h2-6,11,14H,7-10H2,1H3,(H,18,21). The zero-order valence-corrected chi connectivity index (χ0v) is 13.0. The highest BCUT2D eigenvalue weighted by atomic mass is 16.5. The summed E-state index contributed by atoms with van der Waals surface area (Å²) in [5.74, 6) is 0.391. The Morgan fingerprint density at radius 2 is 2.04 bits per heavy atom. The Balaban J connectivity index is 1.74. The van der Waals surface area contributed by atoms with Crippen molar-refractivity contribution in [2.24, 2.45) is 0 Å². The molecule has 0 radical (unpaired) electrons. The van der Waals surface area contributed by atoms with Crippen LogP contribution in [0.2, 0.25) is 0 Å². The Morgan fingerprint density at radius 1 is 1.22 bits per heavy atom. The Labute approximate surface area is 134 Å². The first-order valence-electron chi connectivity index (χ1n) is 7.63. The summed E-state index contributed by atoms with van der Waals surface area (Å²) in [6.07, 6.45) is 1.71. The molecule has 1 aliphatic heterocycles. The molecule has 1 N–H and O–H groups in total.